The van der Waals surface area contributed by atoms with Gasteiger partial charge in [-0.15, -0.1) is 0 Å². The Morgan fingerprint density at radius 2 is 1.83 bits per heavy atom. The molecule has 0 bridgehead atoms. The number of nitrogens with zero attached hydrogens (tertiary/aromatic N) is 3. The van der Waals surface area contributed by atoms with Crippen molar-refractivity contribution in [2.75, 3.05) is 31.1 Å². The Balaban J connectivity index is 1.25. The lowest BCUT2D eigenvalue weighted by molar-refractivity contribution is -0.137. The molecule has 0 unspecified atom stereocenters. The smallest absolute Gasteiger partial charge is 0.361 e. The molecule has 1 saturated heterocycles. The Morgan fingerprint density at radius 3 is 2.53 bits per heavy atom. The van der Waals surface area contributed by atoms with Crippen LogP contribution in [0, 0.1) is 0 Å². The summed E-state index contributed by atoms with van der Waals surface area (Å²) in [6.07, 6.45) is 0.580. The molecule has 8 heteroatoms. The van der Waals surface area contributed by atoms with Crippen molar-refractivity contribution in [2.45, 2.75) is 25.4 Å². The summed E-state index contributed by atoms with van der Waals surface area (Å²) in [5, 5.41) is 1.20. The summed E-state index contributed by atoms with van der Waals surface area (Å²) >= 11 is 0. The average Bonchev–Trinajstić information content (AvgIpc) is 3.16. The Bertz CT molecular complexity index is 1010. The summed E-state index contributed by atoms with van der Waals surface area (Å²) in [7, 11) is 0. The number of para-hydroxylation sites is 1. The maximum absolute atomic E-state index is 12.7. The maximum Gasteiger partial charge on any atom is 0.417 e. The van der Waals surface area contributed by atoms with Crippen molar-refractivity contribution in [3.63, 3.8) is 0 Å². The minimum absolute atomic E-state index is 0.120. The Labute approximate surface area is 172 Å². The largest absolute Gasteiger partial charge is 0.417 e. The first-order valence-electron chi connectivity index (χ1n) is 10.0. The van der Waals surface area contributed by atoms with Gasteiger partial charge in [-0.05, 0) is 36.6 Å². The summed E-state index contributed by atoms with van der Waals surface area (Å²) in [5.41, 5.74) is 1.57. The number of aromatic nitrogens is 2. The highest BCUT2D eigenvalue weighted by atomic mass is 19.4. The number of carbonyl (C=O) groups is 1. The van der Waals surface area contributed by atoms with Crippen LogP contribution in [-0.4, -0.2) is 47.0 Å². The van der Waals surface area contributed by atoms with Gasteiger partial charge in [-0.2, -0.15) is 13.2 Å². The van der Waals surface area contributed by atoms with Crippen LogP contribution in [0.15, 0.2) is 48.8 Å². The number of benzene rings is 1. The van der Waals surface area contributed by atoms with Gasteiger partial charge in [0.15, 0.2) is 0 Å². The molecule has 3 aromatic rings. The molecule has 4 rings (SSSR count). The van der Waals surface area contributed by atoms with Crippen LogP contribution >= 0.6 is 0 Å². The van der Waals surface area contributed by atoms with Crippen LogP contribution in [0.4, 0.5) is 19.0 Å². The van der Waals surface area contributed by atoms with Crippen LogP contribution in [0.25, 0.3) is 10.9 Å². The lowest BCUT2D eigenvalue weighted by atomic mass is 10.1. The van der Waals surface area contributed by atoms with Gasteiger partial charge in [0.1, 0.15) is 5.82 Å². The molecule has 0 aliphatic carbocycles. The first kappa shape index (κ1) is 20.3. The molecule has 0 atom stereocenters. The number of amides is 1. The van der Waals surface area contributed by atoms with Crippen molar-refractivity contribution in [1.82, 2.24) is 14.9 Å². The quantitative estimate of drug-likeness (QED) is 0.677. The van der Waals surface area contributed by atoms with Crippen LogP contribution in [-0.2, 0) is 17.4 Å². The molecule has 2 aromatic heterocycles. The van der Waals surface area contributed by atoms with Crippen molar-refractivity contribution in [1.29, 1.82) is 0 Å². The third-order valence-electron chi connectivity index (χ3n) is 5.54. The van der Waals surface area contributed by atoms with E-state index in [1.807, 2.05) is 34.2 Å². The molecule has 0 radical (unpaired) electrons. The summed E-state index contributed by atoms with van der Waals surface area (Å²) in [6.45, 7) is 2.22. The molecule has 1 fully saturated rings. The number of hydrogen-bond donors (Lipinski definition) is 1. The molecule has 0 spiro atoms. The highest BCUT2D eigenvalue weighted by Crippen LogP contribution is 2.29. The monoisotopic (exact) mass is 416 g/mol. The molecular formula is C22H23F3N4O. The van der Waals surface area contributed by atoms with E-state index in [2.05, 4.69) is 16.0 Å². The first-order chi connectivity index (χ1) is 14.4. The summed E-state index contributed by atoms with van der Waals surface area (Å²) in [4.78, 5) is 23.5. The fourth-order valence-electron chi connectivity index (χ4n) is 3.85. The molecule has 1 amide bonds. The van der Waals surface area contributed by atoms with E-state index in [1.165, 1.54) is 17.0 Å². The minimum atomic E-state index is -4.39. The number of halogens is 3. The van der Waals surface area contributed by atoms with Gasteiger partial charge in [0.05, 0.1) is 5.56 Å². The van der Waals surface area contributed by atoms with E-state index in [0.717, 1.165) is 30.6 Å². The maximum atomic E-state index is 12.7. The fraction of sp³-hybridized carbons (Fsp3) is 0.364. The van der Waals surface area contributed by atoms with Gasteiger partial charge in [0, 0.05) is 55.9 Å². The van der Waals surface area contributed by atoms with Crippen LogP contribution in [0.3, 0.4) is 0 Å². The van der Waals surface area contributed by atoms with Crippen molar-refractivity contribution in [2.24, 2.45) is 0 Å². The molecule has 1 N–H and O–H groups in total. The first-order valence-corrected chi connectivity index (χ1v) is 10.0. The van der Waals surface area contributed by atoms with Crippen LogP contribution in [0.5, 0.6) is 0 Å². The van der Waals surface area contributed by atoms with Gasteiger partial charge < -0.3 is 14.8 Å². The molecule has 3 heterocycles. The summed E-state index contributed by atoms with van der Waals surface area (Å²) in [5.74, 6) is 0.629. The standard InChI is InChI=1S/C22H23F3N4O/c23-22(24,25)17-8-9-20(27-15-17)28-10-12-29(13-11-28)21(30)7-3-4-16-14-26-19-6-2-1-5-18(16)19/h1-2,5-6,8-9,14-15,26H,3-4,7,10-13H2. The van der Waals surface area contributed by atoms with Gasteiger partial charge in [-0.3, -0.25) is 4.79 Å². The number of alkyl halides is 3. The number of piperazine rings is 1. The second-order valence-corrected chi connectivity index (χ2v) is 7.48. The summed E-state index contributed by atoms with van der Waals surface area (Å²) in [6, 6.07) is 10.6. The number of hydrogen-bond acceptors (Lipinski definition) is 3. The number of anilines is 1. The zero-order chi connectivity index (χ0) is 21.1. The average molecular weight is 416 g/mol. The third kappa shape index (κ3) is 4.42. The van der Waals surface area contributed by atoms with E-state index in [-0.39, 0.29) is 5.91 Å². The number of fused-ring (bicyclic) bond motifs is 1. The molecule has 158 valence electrons. The number of aromatic amines is 1. The van der Waals surface area contributed by atoms with Crippen LogP contribution < -0.4 is 4.90 Å². The normalized spacial score (nSPS) is 15.0. The molecular weight excluding hydrogens is 393 g/mol. The van der Waals surface area contributed by atoms with Crippen LogP contribution in [0.2, 0.25) is 0 Å². The van der Waals surface area contributed by atoms with Gasteiger partial charge >= 0.3 is 6.18 Å². The van der Waals surface area contributed by atoms with E-state index in [9.17, 15) is 18.0 Å². The van der Waals surface area contributed by atoms with Crippen molar-refractivity contribution in [3.05, 3.63) is 59.9 Å². The predicted octanol–water partition coefficient (Wildman–Crippen LogP) is 4.25. The number of aryl methyl sites for hydroxylation is 1. The van der Waals surface area contributed by atoms with Gasteiger partial charge in [0.25, 0.3) is 0 Å². The second kappa shape index (κ2) is 8.38. The fourth-order valence-corrected chi connectivity index (χ4v) is 3.85. The Hall–Kier alpha value is -3.03. The second-order valence-electron chi connectivity index (χ2n) is 7.48. The van der Waals surface area contributed by atoms with E-state index in [0.29, 0.717) is 38.4 Å². The molecule has 1 aliphatic rings. The van der Waals surface area contributed by atoms with Gasteiger partial charge in [-0.25, -0.2) is 4.98 Å². The van der Waals surface area contributed by atoms with Crippen molar-refractivity contribution < 1.29 is 18.0 Å². The lowest BCUT2D eigenvalue weighted by Crippen LogP contribution is -2.49. The van der Waals surface area contributed by atoms with Crippen molar-refractivity contribution >= 4 is 22.6 Å². The van der Waals surface area contributed by atoms with Crippen LogP contribution in [0.1, 0.15) is 24.0 Å². The molecule has 1 aliphatic heterocycles. The minimum Gasteiger partial charge on any atom is -0.361 e. The molecule has 30 heavy (non-hydrogen) atoms. The third-order valence-corrected chi connectivity index (χ3v) is 5.54. The van der Waals surface area contributed by atoms with Gasteiger partial charge in [0.2, 0.25) is 5.91 Å². The molecule has 1 aromatic carbocycles. The number of carbonyl (C=O) groups excluding carboxylic acids is 1. The Morgan fingerprint density at radius 1 is 1.07 bits per heavy atom. The van der Waals surface area contributed by atoms with E-state index >= 15 is 0 Å². The van der Waals surface area contributed by atoms with E-state index in [1.54, 1.807) is 0 Å². The topological polar surface area (TPSA) is 52.2 Å². The van der Waals surface area contributed by atoms with E-state index in [4.69, 9.17) is 0 Å². The molecule has 0 saturated carbocycles. The number of pyridine rings is 1. The Kier molecular flexibility index (Phi) is 5.65. The zero-order valence-corrected chi connectivity index (χ0v) is 16.5. The highest BCUT2D eigenvalue weighted by Gasteiger charge is 2.31. The van der Waals surface area contributed by atoms with Gasteiger partial charge in [-0.1, -0.05) is 18.2 Å². The summed E-state index contributed by atoms with van der Waals surface area (Å²) < 4.78 is 38.0. The van der Waals surface area contributed by atoms with E-state index < -0.39 is 11.7 Å². The number of nitrogens with one attached hydrogen (secondary N) is 1. The number of H-pyrrole nitrogens is 1. The lowest BCUT2D eigenvalue weighted by Gasteiger charge is -2.35. The predicted molar refractivity (Wildman–Crippen MR) is 109 cm³/mol. The van der Waals surface area contributed by atoms with Crippen molar-refractivity contribution in [3.8, 4) is 0 Å². The number of rotatable bonds is 5. The SMILES string of the molecule is O=C(CCCc1c[nH]c2ccccc12)N1CCN(c2ccc(C(F)(F)F)cn2)CC1. The zero-order valence-electron chi connectivity index (χ0n) is 16.5. The molecule has 5 nitrogen and oxygen atoms in total. The highest BCUT2D eigenvalue weighted by molar-refractivity contribution is 5.83.